The number of urea groups is 1. The summed E-state index contributed by atoms with van der Waals surface area (Å²) in [6, 6.07) is 1.40. The summed E-state index contributed by atoms with van der Waals surface area (Å²) in [5.41, 5.74) is -0.776. The highest BCUT2D eigenvalue weighted by Gasteiger charge is 2.50. The Morgan fingerprint density at radius 1 is 1.43 bits per heavy atom. The second-order valence-electron chi connectivity index (χ2n) is 3.84. The molecule has 1 aliphatic heterocycles. The lowest BCUT2D eigenvalue weighted by atomic mass is 10.1. The molecule has 4 nitrogen and oxygen atoms in total. The van der Waals surface area contributed by atoms with E-state index >= 15 is 0 Å². The molecule has 6 heteroatoms. The summed E-state index contributed by atoms with van der Waals surface area (Å²) in [4.78, 5) is 12.3. The summed E-state index contributed by atoms with van der Waals surface area (Å²) in [6.07, 6.45) is 1.22. The molecule has 0 radical (unpaired) electrons. The molecule has 1 saturated carbocycles. The lowest BCUT2D eigenvalue weighted by molar-refractivity contribution is -0.109. The van der Waals surface area contributed by atoms with Crippen LogP contribution >= 0.6 is 0 Å². The van der Waals surface area contributed by atoms with Crippen molar-refractivity contribution in [2.24, 2.45) is 0 Å². The molecule has 2 amide bonds. The van der Waals surface area contributed by atoms with E-state index < -0.39 is 30.6 Å². The third kappa shape index (κ3) is 1.50. The first-order chi connectivity index (χ1) is 6.46. The minimum Gasteiger partial charge on any atom is -0.319 e. The van der Waals surface area contributed by atoms with Crippen molar-refractivity contribution in [2.75, 3.05) is 13.1 Å². The Morgan fingerprint density at radius 3 is 2.36 bits per heavy atom. The predicted octanol–water partition coefficient (Wildman–Crippen LogP) is 0.703. The fraction of sp³-hybridized carbons (Fsp3) is 0.750. The van der Waals surface area contributed by atoms with Gasteiger partial charge < -0.3 is 10.2 Å². The van der Waals surface area contributed by atoms with Crippen LogP contribution in [0.5, 0.6) is 0 Å². The molecule has 0 unspecified atom stereocenters. The molecule has 0 atom stereocenters. The van der Waals surface area contributed by atoms with E-state index in [1.807, 2.05) is 6.07 Å². The Balaban J connectivity index is 1.84. The number of carbonyl (C=O) groups excluding carboxylic acids is 1. The first kappa shape index (κ1) is 9.19. The average molecular weight is 201 g/mol. The van der Waals surface area contributed by atoms with E-state index in [1.165, 1.54) is 0 Å². The zero-order valence-corrected chi connectivity index (χ0v) is 7.39. The highest BCUT2D eigenvalue weighted by atomic mass is 19.3. The smallest absolute Gasteiger partial charge is 0.319 e. The molecule has 2 rings (SSSR count). The lowest BCUT2D eigenvalue weighted by Gasteiger charge is -2.38. The van der Waals surface area contributed by atoms with E-state index in [0.29, 0.717) is 12.8 Å². The lowest BCUT2D eigenvalue weighted by Crippen LogP contribution is -2.62. The molecule has 2 aliphatic rings. The van der Waals surface area contributed by atoms with Crippen molar-refractivity contribution in [1.29, 1.82) is 5.26 Å². The molecular weight excluding hydrogens is 192 g/mol. The van der Waals surface area contributed by atoms with E-state index in [-0.39, 0.29) is 0 Å². The van der Waals surface area contributed by atoms with Crippen LogP contribution in [0.2, 0.25) is 0 Å². The maximum Gasteiger partial charge on any atom is 0.319 e. The molecule has 1 heterocycles. The summed E-state index contributed by atoms with van der Waals surface area (Å²) >= 11 is 0. The highest BCUT2D eigenvalue weighted by Crippen LogP contribution is 2.35. The van der Waals surface area contributed by atoms with Crippen molar-refractivity contribution in [3.05, 3.63) is 0 Å². The van der Waals surface area contributed by atoms with Gasteiger partial charge in [0.1, 0.15) is 5.54 Å². The van der Waals surface area contributed by atoms with Crippen LogP contribution in [0.3, 0.4) is 0 Å². The minimum atomic E-state index is -2.75. The number of hydrogen-bond donors (Lipinski definition) is 1. The summed E-state index contributed by atoms with van der Waals surface area (Å²) in [6.45, 7) is -1.08. The SMILES string of the molecule is N#CC1(NC(=O)N2CC(F)(F)C2)CC1. The van der Waals surface area contributed by atoms with Crippen LogP contribution in [0.4, 0.5) is 13.6 Å². The number of amides is 2. The zero-order valence-electron chi connectivity index (χ0n) is 7.39. The molecule has 1 saturated heterocycles. The van der Waals surface area contributed by atoms with Crippen LogP contribution in [0.1, 0.15) is 12.8 Å². The highest BCUT2D eigenvalue weighted by molar-refractivity contribution is 5.77. The van der Waals surface area contributed by atoms with Gasteiger partial charge in [-0.2, -0.15) is 5.26 Å². The number of nitrogens with zero attached hydrogens (tertiary/aromatic N) is 2. The maximum absolute atomic E-state index is 12.4. The third-order valence-electron chi connectivity index (χ3n) is 2.44. The van der Waals surface area contributed by atoms with Crippen molar-refractivity contribution < 1.29 is 13.6 Å². The van der Waals surface area contributed by atoms with Gasteiger partial charge in [0.2, 0.25) is 0 Å². The molecule has 0 aromatic carbocycles. The van der Waals surface area contributed by atoms with E-state index in [4.69, 9.17) is 5.26 Å². The van der Waals surface area contributed by atoms with E-state index in [0.717, 1.165) is 4.90 Å². The normalized spacial score (nSPS) is 25.9. The maximum atomic E-state index is 12.4. The van der Waals surface area contributed by atoms with Crippen molar-refractivity contribution in [1.82, 2.24) is 10.2 Å². The van der Waals surface area contributed by atoms with Crippen LogP contribution in [-0.2, 0) is 0 Å². The average Bonchev–Trinajstić information content (AvgIpc) is 2.81. The Bertz CT molecular complexity index is 311. The monoisotopic (exact) mass is 201 g/mol. The van der Waals surface area contributed by atoms with Crippen molar-refractivity contribution >= 4 is 6.03 Å². The standard InChI is InChI=1S/C8H9F2N3O/c9-8(10)4-13(5-8)6(14)12-7(3-11)1-2-7/h1-2,4-5H2,(H,12,14). The van der Waals surface area contributed by atoms with Crippen LogP contribution in [0.25, 0.3) is 0 Å². The topological polar surface area (TPSA) is 56.1 Å². The van der Waals surface area contributed by atoms with Crippen LogP contribution in [-0.4, -0.2) is 35.5 Å². The van der Waals surface area contributed by atoms with Crippen LogP contribution < -0.4 is 5.32 Å². The summed E-state index contributed by atoms with van der Waals surface area (Å²) < 4.78 is 24.8. The van der Waals surface area contributed by atoms with Gasteiger partial charge in [-0.1, -0.05) is 0 Å². The van der Waals surface area contributed by atoms with Crippen molar-refractivity contribution in [3.8, 4) is 6.07 Å². The summed E-state index contributed by atoms with van der Waals surface area (Å²) in [7, 11) is 0. The number of hydrogen-bond acceptors (Lipinski definition) is 2. The van der Waals surface area contributed by atoms with Gasteiger partial charge >= 0.3 is 6.03 Å². The zero-order chi connectivity index (χ0) is 10.4. The first-order valence-electron chi connectivity index (χ1n) is 4.33. The molecule has 0 aromatic heterocycles. The van der Waals surface area contributed by atoms with Crippen molar-refractivity contribution in [2.45, 2.75) is 24.3 Å². The van der Waals surface area contributed by atoms with Crippen LogP contribution in [0.15, 0.2) is 0 Å². The van der Waals surface area contributed by atoms with Gasteiger partial charge in [0.15, 0.2) is 0 Å². The first-order valence-corrected chi connectivity index (χ1v) is 4.33. The van der Waals surface area contributed by atoms with E-state index in [9.17, 15) is 13.6 Å². The van der Waals surface area contributed by atoms with Gasteiger partial charge in [-0.15, -0.1) is 0 Å². The molecule has 76 valence electrons. The molecule has 1 N–H and O–H groups in total. The van der Waals surface area contributed by atoms with Crippen LogP contribution in [0, 0.1) is 11.3 Å². The summed E-state index contributed by atoms with van der Waals surface area (Å²) in [5, 5.41) is 11.1. The number of rotatable bonds is 1. The number of halogens is 2. The predicted molar refractivity (Wildman–Crippen MR) is 42.6 cm³/mol. The quantitative estimate of drug-likeness (QED) is 0.679. The van der Waals surface area contributed by atoms with Crippen molar-refractivity contribution in [3.63, 3.8) is 0 Å². The Morgan fingerprint density at radius 2 is 2.00 bits per heavy atom. The van der Waals surface area contributed by atoms with Gasteiger partial charge in [-0.05, 0) is 12.8 Å². The van der Waals surface area contributed by atoms with Gasteiger partial charge in [0, 0.05) is 0 Å². The fourth-order valence-corrected chi connectivity index (χ4v) is 1.33. The Kier molecular flexibility index (Phi) is 1.68. The van der Waals surface area contributed by atoms with E-state index in [1.54, 1.807) is 0 Å². The molecule has 0 aromatic rings. The number of carbonyl (C=O) groups is 1. The number of nitrogens with one attached hydrogen (secondary N) is 1. The number of nitriles is 1. The molecule has 2 fully saturated rings. The van der Waals surface area contributed by atoms with Gasteiger partial charge in [-0.25, -0.2) is 13.6 Å². The molecule has 0 bridgehead atoms. The van der Waals surface area contributed by atoms with Gasteiger partial charge in [0.25, 0.3) is 5.92 Å². The third-order valence-corrected chi connectivity index (χ3v) is 2.44. The largest absolute Gasteiger partial charge is 0.319 e. The number of likely N-dealkylation sites (tertiary alicyclic amines) is 1. The molecular formula is C8H9F2N3O. The fourth-order valence-electron chi connectivity index (χ4n) is 1.33. The second kappa shape index (κ2) is 2.56. The summed E-state index contributed by atoms with van der Waals surface area (Å²) in [5.74, 6) is -2.75. The van der Waals surface area contributed by atoms with E-state index in [2.05, 4.69) is 5.32 Å². The molecule has 14 heavy (non-hydrogen) atoms. The molecule has 0 spiro atoms. The Hall–Kier alpha value is -1.38. The van der Waals surface area contributed by atoms with Gasteiger partial charge in [-0.3, -0.25) is 0 Å². The van der Waals surface area contributed by atoms with Gasteiger partial charge in [0.05, 0.1) is 19.2 Å². The number of alkyl halides is 2. The minimum absolute atomic E-state index is 0.541. The molecule has 1 aliphatic carbocycles. The second-order valence-corrected chi connectivity index (χ2v) is 3.84. The Labute approximate surface area is 79.5 Å².